The van der Waals surface area contributed by atoms with Crippen molar-refractivity contribution in [3.05, 3.63) is 17.8 Å². The number of aromatic nitrogens is 1. The van der Waals surface area contributed by atoms with Gasteiger partial charge in [-0.25, -0.2) is 4.98 Å². The lowest BCUT2D eigenvalue weighted by atomic mass is 9.86. The van der Waals surface area contributed by atoms with Crippen molar-refractivity contribution < 1.29 is 4.42 Å². The molecule has 0 amide bonds. The molecule has 1 aliphatic rings. The topological polar surface area (TPSA) is 52.0 Å². The van der Waals surface area contributed by atoms with Gasteiger partial charge in [0, 0.05) is 12.0 Å². The lowest BCUT2D eigenvalue weighted by molar-refractivity contribution is 0.331. The first-order valence-corrected chi connectivity index (χ1v) is 4.93. The predicted molar refractivity (Wildman–Crippen MR) is 50.4 cm³/mol. The molecule has 1 heterocycles. The highest BCUT2D eigenvalue weighted by Crippen LogP contribution is 2.31. The molecule has 0 saturated heterocycles. The van der Waals surface area contributed by atoms with E-state index in [9.17, 15) is 0 Å². The summed E-state index contributed by atoms with van der Waals surface area (Å²) in [4.78, 5) is 4.25. The van der Waals surface area contributed by atoms with E-state index in [1.807, 2.05) is 6.92 Å². The van der Waals surface area contributed by atoms with E-state index in [0.29, 0.717) is 12.0 Å². The minimum atomic E-state index is 0.339. The molecule has 0 spiro atoms. The van der Waals surface area contributed by atoms with Gasteiger partial charge in [-0.1, -0.05) is 6.42 Å². The minimum Gasteiger partial charge on any atom is -0.446 e. The summed E-state index contributed by atoms with van der Waals surface area (Å²) in [6.07, 6.45) is 6.34. The zero-order valence-electron chi connectivity index (χ0n) is 7.99. The summed E-state index contributed by atoms with van der Waals surface area (Å²) >= 11 is 0. The molecule has 1 saturated carbocycles. The SMILES string of the molecule is Cc1cnc(C2CCCC(N)C2)o1. The molecule has 3 nitrogen and oxygen atoms in total. The molecule has 1 fully saturated rings. The number of hydrogen-bond donors (Lipinski definition) is 1. The standard InChI is InChI=1S/C10H16N2O/c1-7-6-12-10(13-7)8-3-2-4-9(11)5-8/h6,8-9H,2-5,11H2,1H3. The number of rotatable bonds is 1. The van der Waals surface area contributed by atoms with E-state index in [1.54, 1.807) is 6.20 Å². The van der Waals surface area contributed by atoms with E-state index in [4.69, 9.17) is 10.2 Å². The molecule has 1 aromatic heterocycles. The zero-order valence-corrected chi connectivity index (χ0v) is 7.99. The average Bonchev–Trinajstić information content (AvgIpc) is 2.52. The smallest absolute Gasteiger partial charge is 0.197 e. The van der Waals surface area contributed by atoms with E-state index in [0.717, 1.165) is 24.5 Å². The van der Waals surface area contributed by atoms with Gasteiger partial charge in [-0.2, -0.15) is 0 Å². The summed E-state index contributed by atoms with van der Waals surface area (Å²) in [5.41, 5.74) is 5.90. The number of nitrogens with two attached hydrogens (primary N) is 1. The molecule has 0 aliphatic heterocycles. The second-order valence-corrected chi connectivity index (χ2v) is 3.93. The summed E-state index contributed by atoms with van der Waals surface area (Å²) in [5.74, 6) is 2.24. The van der Waals surface area contributed by atoms with Gasteiger partial charge in [0.15, 0.2) is 5.89 Å². The lowest BCUT2D eigenvalue weighted by Crippen LogP contribution is -2.26. The van der Waals surface area contributed by atoms with Gasteiger partial charge in [0.2, 0.25) is 0 Å². The molecule has 1 aliphatic carbocycles. The van der Waals surface area contributed by atoms with Gasteiger partial charge in [0.1, 0.15) is 5.76 Å². The molecule has 0 aromatic carbocycles. The fraction of sp³-hybridized carbons (Fsp3) is 0.700. The third kappa shape index (κ3) is 1.91. The maximum absolute atomic E-state index is 5.90. The van der Waals surface area contributed by atoms with Gasteiger partial charge < -0.3 is 10.2 Å². The molecule has 13 heavy (non-hydrogen) atoms. The zero-order chi connectivity index (χ0) is 9.26. The fourth-order valence-electron chi connectivity index (χ4n) is 2.01. The van der Waals surface area contributed by atoms with E-state index < -0.39 is 0 Å². The van der Waals surface area contributed by atoms with Gasteiger partial charge in [-0.3, -0.25) is 0 Å². The molecule has 1 aromatic rings. The highest BCUT2D eigenvalue weighted by Gasteiger charge is 2.23. The van der Waals surface area contributed by atoms with E-state index in [2.05, 4.69) is 4.98 Å². The van der Waals surface area contributed by atoms with Crippen molar-refractivity contribution in [2.75, 3.05) is 0 Å². The van der Waals surface area contributed by atoms with Crippen LogP contribution in [-0.2, 0) is 0 Å². The summed E-state index contributed by atoms with van der Waals surface area (Å²) in [5, 5.41) is 0. The van der Waals surface area contributed by atoms with Crippen molar-refractivity contribution in [1.82, 2.24) is 4.98 Å². The third-order valence-electron chi connectivity index (χ3n) is 2.70. The molecule has 0 radical (unpaired) electrons. The summed E-state index contributed by atoms with van der Waals surface area (Å²) in [7, 11) is 0. The van der Waals surface area contributed by atoms with E-state index in [-0.39, 0.29) is 0 Å². The highest BCUT2D eigenvalue weighted by atomic mass is 16.4. The Balaban J connectivity index is 2.08. The Morgan fingerprint density at radius 3 is 3.00 bits per heavy atom. The molecule has 72 valence electrons. The lowest BCUT2D eigenvalue weighted by Gasteiger charge is -2.23. The van der Waals surface area contributed by atoms with Crippen molar-refractivity contribution in [3.63, 3.8) is 0 Å². The van der Waals surface area contributed by atoms with Crippen LogP contribution in [0, 0.1) is 6.92 Å². The first-order valence-electron chi connectivity index (χ1n) is 4.93. The van der Waals surface area contributed by atoms with Gasteiger partial charge in [-0.05, 0) is 26.2 Å². The Morgan fingerprint density at radius 1 is 1.54 bits per heavy atom. The van der Waals surface area contributed by atoms with Gasteiger partial charge in [0.25, 0.3) is 0 Å². The number of hydrogen-bond acceptors (Lipinski definition) is 3. The van der Waals surface area contributed by atoms with Crippen LogP contribution in [0.2, 0.25) is 0 Å². The average molecular weight is 180 g/mol. The van der Waals surface area contributed by atoms with Crippen molar-refractivity contribution in [1.29, 1.82) is 0 Å². The molecular weight excluding hydrogens is 164 g/mol. The second kappa shape index (κ2) is 3.50. The van der Waals surface area contributed by atoms with E-state index >= 15 is 0 Å². The first-order chi connectivity index (χ1) is 6.25. The Bertz CT molecular complexity index is 282. The third-order valence-corrected chi connectivity index (χ3v) is 2.70. The normalized spacial score (nSPS) is 29.1. The van der Waals surface area contributed by atoms with Crippen molar-refractivity contribution in [2.24, 2.45) is 5.73 Å². The van der Waals surface area contributed by atoms with E-state index in [1.165, 1.54) is 12.8 Å². The fourth-order valence-corrected chi connectivity index (χ4v) is 2.01. The van der Waals surface area contributed by atoms with Crippen LogP contribution >= 0.6 is 0 Å². The summed E-state index contributed by atoms with van der Waals surface area (Å²) in [6.45, 7) is 1.93. The van der Waals surface area contributed by atoms with Crippen LogP contribution in [0.4, 0.5) is 0 Å². The monoisotopic (exact) mass is 180 g/mol. The largest absolute Gasteiger partial charge is 0.446 e. The van der Waals surface area contributed by atoms with Gasteiger partial charge in [-0.15, -0.1) is 0 Å². The van der Waals surface area contributed by atoms with Crippen LogP contribution < -0.4 is 5.73 Å². The molecule has 2 N–H and O–H groups in total. The molecule has 3 heteroatoms. The van der Waals surface area contributed by atoms with Gasteiger partial charge in [0.05, 0.1) is 6.20 Å². The number of aryl methyl sites for hydroxylation is 1. The Labute approximate surface area is 78.3 Å². The Hall–Kier alpha value is -0.830. The number of oxazole rings is 1. The van der Waals surface area contributed by atoms with Crippen LogP contribution in [0.5, 0.6) is 0 Å². The maximum Gasteiger partial charge on any atom is 0.197 e. The molecular formula is C10H16N2O. The molecule has 2 unspecified atom stereocenters. The molecule has 2 rings (SSSR count). The first kappa shape index (κ1) is 8.75. The second-order valence-electron chi connectivity index (χ2n) is 3.93. The van der Waals surface area contributed by atoms with Crippen molar-refractivity contribution in [2.45, 2.75) is 44.6 Å². The van der Waals surface area contributed by atoms with Crippen molar-refractivity contribution in [3.8, 4) is 0 Å². The molecule has 0 bridgehead atoms. The summed E-state index contributed by atoms with van der Waals surface area (Å²) in [6, 6.07) is 0.339. The molecule has 2 atom stereocenters. The minimum absolute atomic E-state index is 0.339. The Morgan fingerprint density at radius 2 is 2.38 bits per heavy atom. The maximum atomic E-state index is 5.90. The predicted octanol–water partition coefficient (Wildman–Crippen LogP) is 1.97. The highest BCUT2D eigenvalue weighted by molar-refractivity contribution is 4.99. The van der Waals surface area contributed by atoms with Crippen LogP contribution in [0.1, 0.15) is 43.3 Å². The van der Waals surface area contributed by atoms with Gasteiger partial charge >= 0.3 is 0 Å². The number of nitrogens with zero attached hydrogens (tertiary/aromatic N) is 1. The summed E-state index contributed by atoms with van der Waals surface area (Å²) < 4.78 is 5.50. The quantitative estimate of drug-likeness (QED) is 0.718. The van der Waals surface area contributed by atoms with Crippen LogP contribution in [-0.4, -0.2) is 11.0 Å². The Kier molecular flexibility index (Phi) is 2.36. The van der Waals surface area contributed by atoms with Crippen LogP contribution in [0.25, 0.3) is 0 Å². The van der Waals surface area contributed by atoms with Crippen LogP contribution in [0.3, 0.4) is 0 Å². The van der Waals surface area contributed by atoms with Crippen LogP contribution in [0.15, 0.2) is 10.6 Å². The van der Waals surface area contributed by atoms with Crippen molar-refractivity contribution >= 4 is 0 Å².